The summed E-state index contributed by atoms with van der Waals surface area (Å²) >= 11 is 0. The summed E-state index contributed by atoms with van der Waals surface area (Å²) in [6.07, 6.45) is 10.8. The lowest BCUT2D eigenvalue weighted by atomic mass is 9.88. The van der Waals surface area contributed by atoms with Crippen molar-refractivity contribution in [2.45, 2.75) is 76.5 Å². The lowest BCUT2D eigenvalue weighted by molar-refractivity contribution is -0.0721. The van der Waals surface area contributed by atoms with E-state index in [1.165, 1.54) is 36.8 Å². The minimum absolute atomic E-state index is 0. The first-order chi connectivity index (χ1) is 14.7. The van der Waals surface area contributed by atoms with E-state index in [1.807, 2.05) is 13.1 Å². The molecule has 0 aromatic heterocycles. The lowest BCUT2D eigenvalue weighted by Gasteiger charge is -2.35. The second-order valence-corrected chi connectivity index (χ2v) is 8.82. The highest BCUT2D eigenvalue weighted by Crippen LogP contribution is 2.30. The van der Waals surface area contributed by atoms with Crippen LogP contribution >= 0.6 is 24.0 Å². The third kappa shape index (κ3) is 6.48. The zero-order valence-electron chi connectivity index (χ0n) is 18.8. The van der Waals surface area contributed by atoms with Gasteiger partial charge in [0.1, 0.15) is 5.75 Å². The molecule has 2 saturated heterocycles. The minimum atomic E-state index is 0. The summed E-state index contributed by atoms with van der Waals surface area (Å²) in [5.41, 5.74) is 3.77. The van der Waals surface area contributed by atoms with Gasteiger partial charge < -0.3 is 24.8 Å². The zero-order chi connectivity index (χ0) is 20.8. The third-order valence-corrected chi connectivity index (χ3v) is 6.79. The second kappa shape index (κ2) is 12.3. The maximum absolute atomic E-state index is 10.4. The molecule has 31 heavy (non-hydrogen) atoms. The topological polar surface area (TPSA) is 66.3 Å². The van der Waals surface area contributed by atoms with Gasteiger partial charge in [-0.25, -0.2) is 0 Å². The van der Waals surface area contributed by atoms with Crippen LogP contribution in [0.4, 0.5) is 0 Å². The van der Waals surface area contributed by atoms with Crippen molar-refractivity contribution < 1.29 is 14.6 Å². The van der Waals surface area contributed by atoms with Crippen molar-refractivity contribution in [3.63, 3.8) is 0 Å². The van der Waals surface area contributed by atoms with Crippen LogP contribution in [0.15, 0.2) is 17.1 Å². The highest BCUT2D eigenvalue weighted by Gasteiger charge is 2.24. The van der Waals surface area contributed by atoms with Gasteiger partial charge in [-0.3, -0.25) is 4.99 Å². The van der Waals surface area contributed by atoms with E-state index >= 15 is 0 Å². The van der Waals surface area contributed by atoms with Gasteiger partial charge in [0.2, 0.25) is 0 Å². The Labute approximate surface area is 203 Å². The SMILES string of the molecule is CN=C(NCc1c(O)ccc2c1CCCC2)N1CCC(OCC2CCCCO2)CC1.I. The van der Waals surface area contributed by atoms with E-state index in [0.717, 1.165) is 69.9 Å². The van der Waals surface area contributed by atoms with E-state index in [1.54, 1.807) is 0 Å². The lowest BCUT2D eigenvalue weighted by Crippen LogP contribution is -2.47. The van der Waals surface area contributed by atoms with Crippen molar-refractivity contribution in [3.05, 3.63) is 28.8 Å². The van der Waals surface area contributed by atoms with Gasteiger partial charge in [0.25, 0.3) is 0 Å². The average Bonchev–Trinajstić information content (AvgIpc) is 2.80. The Balaban J connectivity index is 0.00000272. The number of ether oxygens (including phenoxy) is 2. The van der Waals surface area contributed by atoms with Crippen LogP contribution in [0.5, 0.6) is 5.75 Å². The van der Waals surface area contributed by atoms with Gasteiger partial charge in [0, 0.05) is 38.9 Å². The molecule has 0 saturated carbocycles. The van der Waals surface area contributed by atoms with Crippen LogP contribution in [0.1, 0.15) is 61.6 Å². The van der Waals surface area contributed by atoms with Crippen LogP contribution in [-0.2, 0) is 28.9 Å². The number of likely N-dealkylation sites (tertiary alicyclic amines) is 1. The molecule has 1 aromatic carbocycles. The molecule has 2 aliphatic heterocycles. The van der Waals surface area contributed by atoms with Crippen molar-refractivity contribution in [2.75, 3.05) is 33.4 Å². The number of rotatable bonds is 5. The Bertz CT molecular complexity index is 729. The summed E-state index contributed by atoms with van der Waals surface area (Å²) in [6.45, 7) is 4.12. The predicted molar refractivity (Wildman–Crippen MR) is 135 cm³/mol. The molecule has 4 rings (SSSR count). The van der Waals surface area contributed by atoms with E-state index in [2.05, 4.69) is 21.3 Å². The molecule has 0 bridgehead atoms. The molecule has 0 amide bonds. The van der Waals surface area contributed by atoms with Crippen LogP contribution in [0.3, 0.4) is 0 Å². The van der Waals surface area contributed by atoms with Crippen LogP contribution in [0.25, 0.3) is 0 Å². The number of aliphatic imine (C=N–C) groups is 1. The molecule has 2 heterocycles. The van der Waals surface area contributed by atoms with E-state index < -0.39 is 0 Å². The Morgan fingerprint density at radius 3 is 2.71 bits per heavy atom. The Morgan fingerprint density at radius 1 is 1.16 bits per heavy atom. The number of aromatic hydroxyl groups is 1. The first kappa shape index (κ1) is 24.6. The van der Waals surface area contributed by atoms with Gasteiger partial charge in [-0.2, -0.15) is 0 Å². The van der Waals surface area contributed by atoms with Gasteiger partial charge in [0.15, 0.2) is 5.96 Å². The van der Waals surface area contributed by atoms with Crippen molar-refractivity contribution in [2.24, 2.45) is 4.99 Å². The first-order valence-corrected chi connectivity index (χ1v) is 11.8. The molecule has 0 radical (unpaired) electrons. The summed E-state index contributed by atoms with van der Waals surface area (Å²) in [7, 11) is 1.84. The van der Waals surface area contributed by atoms with Crippen molar-refractivity contribution in [3.8, 4) is 5.75 Å². The van der Waals surface area contributed by atoms with Crippen molar-refractivity contribution >= 4 is 29.9 Å². The number of phenolic OH excluding ortho intramolecular Hbond substituents is 1. The van der Waals surface area contributed by atoms with Gasteiger partial charge in [0.05, 0.1) is 18.8 Å². The highest BCUT2D eigenvalue weighted by atomic mass is 127. The van der Waals surface area contributed by atoms with E-state index in [0.29, 0.717) is 18.4 Å². The molecule has 2 fully saturated rings. The fraction of sp³-hybridized carbons (Fsp3) is 0.708. The van der Waals surface area contributed by atoms with Gasteiger partial charge in [-0.1, -0.05) is 6.07 Å². The molecule has 6 nitrogen and oxygen atoms in total. The molecule has 2 N–H and O–H groups in total. The molecular weight excluding hydrogens is 505 g/mol. The quantitative estimate of drug-likeness (QED) is 0.334. The van der Waals surface area contributed by atoms with Crippen LogP contribution in [-0.4, -0.2) is 61.5 Å². The summed E-state index contributed by atoms with van der Waals surface area (Å²) in [4.78, 5) is 6.81. The van der Waals surface area contributed by atoms with E-state index in [-0.39, 0.29) is 30.1 Å². The fourth-order valence-electron chi connectivity index (χ4n) is 5.01. The summed E-state index contributed by atoms with van der Waals surface area (Å²) in [5.74, 6) is 1.31. The van der Waals surface area contributed by atoms with E-state index in [4.69, 9.17) is 9.47 Å². The number of hydrogen-bond acceptors (Lipinski definition) is 4. The predicted octanol–water partition coefficient (Wildman–Crippen LogP) is 4.01. The minimum Gasteiger partial charge on any atom is -0.508 e. The standard InChI is InChI=1S/C24H37N3O3.HI/c1-25-24(26-16-22-21-8-3-2-6-18(21)9-10-23(22)28)27-13-11-19(12-14-27)30-17-20-7-4-5-15-29-20;/h9-10,19-20,28H,2-8,11-17H2,1H3,(H,25,26);1H. The third-order valence-electron chi connectivity index (χ3n) is 6.79. The van der Waals surface area contributed by atoms with Crippen molar-refractivity contribution in [1.29, 1.82) is 0 Å². The number of benzene rings is 1. The number of hydrogen-bond donors (Lipinski definition) is 2. The summed E-state index contributed by atoms with van der Waals surface area (Å²) in [6, 6.07) is 3.94. The molecule has 1 atom stereocenters. The zero-order valence-corrected chi connectivity index (χ0v) is 21.1. The van der Waals surface area contributed by atoms with Crippen molar-refractivity contribution in [1.82, 2.24) is 10.2 Å². The highest BCUT2D eigenvalue weighted by molar-refractivity contribution is 14.0. The monoisotopic (exact) mass is 543 g/mol. The smallest absolute Gasteiger partial charge is 0.193 e. The molecule has 3 aliphatic rings. The number of halogens is 1. The number of aryl methyl sites for hydroxylation is 1. The fourth-order valence-corrected chi connectivity index (χ4v) is 5.01. The molecule has 0 spiro atoms. The Morgan fingerprint density at radius 2 is 1.97 bits per heavy atom. The van der Waals surface area contributed by atoms with Crippen LogP contribution < -0.4 is 5.32 Å². The number of nitrogens with one attached hydrogen (secondary N) is 1. The number of phenols is 1. The van der Waals surface area contributed by atoms with Crippen LogP contribution in [0.2, 0.25) is 0 Å². The molecule has 7 heteroatoms. The van der Waals surface area contributed by atoms with Gasteiger partial charge >= 0.3 is 0 Å². The molecule has 174 valence electrons. The van der Waals surface area contributed by atoms with Crippen LogP contribution in [0, 0.1) is 0 Å². The number of fused-ring (bicyclic) bond motifs is 1. The normalized spacial score (nSPS) is 22.5. The molecular formula is C24H38IN3O3. The number of nitrogens with zero attached hydrogens (tertiary/aromatic N) is 2. The Kier molecular flexibility index (Phi) is 9.72. The summed E-state index contributed by atoms with van der Waals surface area (Å²) in [5, 5.41) is 13.9. The average molecular weight is 543 g/mol. The molecule has 1 aromatic rings. The first-order valence-electron chi connectivity index (χ1n) is 11.8. The number of guanidine groups is 1. The van der Waals surface area contributed by atoms with Gasteiger partial charge in [-0.05, 0) is 75.0 Å². The largest absolute Gasteiger partial charge is 0.508 e. The number of piperidine rings is 1. The second-order valence-electron chi connectivity index (χ2n) is 8.82. The maximum atomic E-state index is 10.4. The Hall–Kier alpha value is -1.06. The van der Waals surface area contributed by atoms with E-state index in [9.17, 15) is 5.11 Å². The summed E-state index contributed by atoms with van der Waals surface area (Å²) < 4.78 is 11.9. The maximum Gasteiger partial charge on any atom is 0.193 e. The molecule has 1 unspecified atom stereocenters. The molecule has 1 aliphatic carbocycles. The van der Waals surface area contributed by atoms with Gasteiger partial charge in [-0.15, -0.1) is 24.0 Å².